The molecule has 1 unspecified atom stereocenters. The lowest BCUT2D eigenvalue weighted by Gasteiger charge is -2.35. The number of piperidine rings is 1. The highest BCUT2D eigenvalue weighted by Gasteiger charge is 2.26. The summed E-state index contributed by atoms with van der Waals surface area (Å²) in [6.45, 7) is 5.25. The number of rotatable bonds is 6. The van der Waals surface area contributed by atoms with E-state index in [0.717, 1.165) is 32.0 Å². The van der Waals surface area contributed by atoms with Crippen LogP contribution in [0.2, 0.25) is 0 Å². The van der Waals surface area contributed by atoms with E-state index in [9.17, 15) is 4.79 Å². The molecule has 0 spiro atoms. The predicted octanol–water partition coefficient (Wildman–Crippen LogP) is 2.73. The van der Waals surface area contributed by atoms with Crippen molar-refractivity contribution < 1.29 is 4.79 Å². The lowest BCUT2D eigenvalue weighted by Crippen LogP contribution is -2.43. The van der Waals surface area contributed by atoms with Gasteiger partial charge in [-0.2, -0.15) is 0 Å². The van der Waals surface area contributed by atoms with E-state index < -0.39 is 0 Å². The van der Waals surface area contributed by atoms with Crippen LogP contribution in [-0.2, 0) is 4.79 Å². The van der Waals surface area contributed by atoms with Crippen LogP contribution in [0, 0.1) is 5.92 Å². The fourth-order valence-electron chi connectivity index (χ4n) is 3.78. The van der Waals surface area contributed by atoms with Gasteiger partial charge in [-0.1, -0.05) is 19.8 Å². The summed E-state index contributed by atoms with van der Waals surface area (Å²) in [5.74, 6) is 0.603. The number of hydrogen-bond donors (Lipinski definition) is 2. The number of nitrogens with two attached hydrogens (primary N) is 1. The van der Waals surface area contributed by atoms with Crippen LogP contribution in [0.3, 0.4) is 0 Å². The van der Waals surface area contributed by atoms with Gasteiger partial charge in [0.2, 0.25) is 5.91 Å². The molecule has 1 saturated carbocycles. The minimum atomic E-state index is 0. The second kappa shape index (κ2) is 11.5. The van der Waals surface area contributed by atoms with Gasteiger partial charge in [0.15, 0.2) is 0 Å². The molecule has 3 atom stereocenters. The van der Waals surface area contributed by atoms with Crippen LogP contribution in [0.25, 0.3) is 0 Å². The molecule has 22 heavy (non-hydrogen) atoms. The molecule has 1 heterocycles. The predicted molar refractivity (Wildman–Crippen MR) is 96.9 cm³/mol. The molecule has 0 radical (unpaired) electrons. The highest BCUT2D eigenvalue weighted by atomic mass is 35.5. The molecule has 0 aromatic rings. The van der Waals surface area contributed by atoms with Gasteiger partial charge in [0.05, 0.1) is 0 Å². The molecule has 1 saturated heterocycles. The standard InChI is InChI=1S/C16H31N3O.2ClH/c1-2-14-7-3-4-10-19(14)11-9-18-16(20)12-13-6-5-8-15(13)17;;/h13-15H,2-12,17H2,1H3,(H,18,20);2*1H/t13-,14?,15+;;/m0../s1. The van der Waals surface area contributed by atoms with Gasteiger partial charge in [-0.25, -0.2) is 0 Å². The highest BCUT2D eigenvalue weighted by molar-refractivity contribution is 5.85. The Kier molecular flexibility index (Phi) is 11.5. The monoisotopic (exact) mass is 353 g/mol. The second-order valence-corrected chi connectivity index (χ2v) is 6.50. The van der Waals surface area contributed by atoms with Crippen molar-refractivity contribution in [3.8, 4) is 0 Å². The molecular formula is C16H33Cl2N3O. The summed E-state index contributed by atoms with van der Waals surface area (Å²) in [5, 5.41) is 3.09. The van der Waals surface area contributed by atoms with Gasteiger partial charge in [0.25, 0.3) is 0 Å². The molecule has 2 rings (SSSR count). The summed E-state index contributed by atoms with van der Waals surface area (Å²) >= 11 is 0. The zero-order valence-electron chi connectivity index (χ0n) is 13.8. The number of nitrogens with one attached hydrogen (secondary N) is 1. The Morgan fingerprint density at radius 3 is 2.59 bits per heavy atom. The van der Waals surface area contributed by atoms with Gasteiger partial charge in [0.1, 0.15) is 0 Å². The van der Waals surface area contributed by atoms with Crippen molar-refractivity contribution >= 4 is 30.7 Å². The van der Waals surface area contributed by atoms with Gasteiger partial charge in [0, 0.05) is 31.6 Å². The van der Waals surface area contributed by atoms with E-state index >= 15 is 0 Å². The zero-order chi connectivity index (χ0) is 14.4. The zero-order valence-corrected chi connectivity index (χ0v) is 15.4. The normalized spacial score (nSPS) is 28.5. The Morgan fingerprint density at radius 2 is 1.95 bits per heavy atom. The van der Waals surface area contributed by atoms with Crippen LogP contribution in [0.15, 0.2) is 0 Å². The summed E-state index contributed by atoms with van der Waals surface area (Å²) < 4.78 is 0. The molecule has 0 aromatic heterocycles. The van der Waals surface area contributed by atoms with Crippen molar-refractivity contribution in [1.29, 1.82) is 0 Å². The number of carbonyl (C=O) groups excluding carboxylic acids is 1. The van der Waals surface area contributed by atoms with Crippen LogP contribution in [0.5, 0.6) is 0 Å². The van der Waals surface area contributed by atoms with E-state index in [1.54, 1.807) is 0 Å². The minimum Gasteiger partial charge on any atom is -0.355 e. The average Bonchev–Trinajstić information content (AvgIpc) is 2.85. The minimum absolute atomic E-state index is 0. The van der Waals surface area contributed by atoms with Gasteiger partial charge in [-0.3, -0.25) is 9.69 Å². The third-order valence-electron chi connectivity index (χ3n) is 5.11. The summed E-state index contributed by atoms with van der Waals surface area (Å²) in [6.07, 6.45) is 9.24. The second-order valence-electron chi connectivity index (χ2n) is 6.50. The van der Waals surface area contributed by atoms with E-state index in [-0.39, 0.29) is 36.8 Å². The molecule has 0 aromatic carbocycles. The molecule has 6 heteroatoms. The first-order chi connectivity index (χ1) is 9.70. The van der Waals surface area contributed by atoms with Crippen molar-refractivity contribution in [2.45, 2.75) is 70.4 Å². The van der Waals surface area contributed by atoms with Crippen molar-refractivity contribution in [3.05, 3.63) is 0 Å². The first-order valence-electron chi connectivity index (χ1n) is 8.47. The SMILES string of the molecule is CCC1CCCCN1CCNC(=O)C[C@@H]1CCC[C@H]1N.Cl.Cl. The van der Waals surface area contributed by atoms with Gasteiger partial charge >= 0.3 is 0 Å². The highest BCUT2D eigenvalue weighted by Crippen LogP contribution is 2.26. The van der Waals surface area contributed by atoms with Crippen LogP contribution in [0.1, 0.15) is 58.3 Å². The van der Waals surface area contributed by atoms with Crippen molar-refractivity contribution in [2.75, 3.05) is 19.6 Å². The molecule has 1 aliphatic heterocycles. The Morgan fingerprint density at radius 1 is 1.18 bits per heavy atom. The largest absolute Gasteiger partial charge is 0.355 e. The lowest BCUT2D eigenvalue weighted by molar-refractivity contribution is -0.122. The molecule has 1 amide bonds. The van der Waals surface area contributed by atoms with E-state index in [1.807, 2.05) is 0 Å². The summed E-state index contributed by atoms with van der Waals surface area (Å²) in [6, 6.07) is 0.969. The Hall–Kier alpha value is -0.0300. The number of carbonyl (C=O) groups is 1. The number of likely N-dealkylation sites (tertiary alicyclic amines) is 1. The maximum Gasteiger partial charge on any atom is 0.220 e. The van der Waals surface area contributed by atoms with Crippen molar-refractivity contribution in [1.82, 2.24) is 10.2 Å². The molecule has 0 bridgehead atoms. The smallest absolute Gasteiger partial charge is 0.220 e. The molecule has 4 nitrogen and oxygen atoms in total. The van der Waals surface area contributed by atoms with E-state index in [1.165, 1.54) is 38.6 Å². The van der Waals surface area contributed by atoms with Crippen LogP contribution < -0.4 is 11.1 Å². The average molecular weight is 354 g/mol. The van der Waals surface area contributed by atoms with Crippen LogP contribution in [-0.4, -0.2) is 42.5 Å². The molecular weight excluding hydrogens is 321 g/mol. The van der Waals surface area contributed by atoms with Crippen LogP contribution in [0.4, 0.5) is 0 Å². The first kappa shape index (κ1) is 22.0. The molecule has 2 fully saturated rings. The lowest BCUT2D eigenvalue weighted by atomic mass is 9.99. The Labute approximate surface area is 147 Å². The van der Waals surface area contributed by atoms with E-state index in [2.05, 4.69) is 17.1 Å². The van der Waals surface area contributed by atoms with E-state index in [4.69, 9.17) is 5.73 Å². The first-order valence-corrected chi connectivity index (χ1v) is 8.47. The van der Waals surface area contributed by atoms with Crippen molar-refractivity contribution in [3.63, 3.8) is 0 Å². The maximum atomic E-state index is 12.0. The molecule has 2 aliphatic rings. The third kappa shape index (κ3) is 6.61. The van der Waals surface area contributed by atoms with Crippen LogP contribution >= 0.6 is 24.8 Å². The molecule has 3 N–H and O–H groups in total. The van der Waals surface area contributed by atoms with Crippen molar-refractivity contribution in [2.24, 2.45) is 11.7 Å². The summed E-state index contributed by atoms with van der Waals surface area (Å²) in [7, 11) is 0. The third-order valence-corrected chi connectivity index (χ3v) is 5.11. The van der Waals surface area contributed by atoms with E-state index in [0.29, 0.717) is 12.3 Å². The summed E-state index contributed by atoms with van der Waals surface area (Å²) in [4.78, 5) is 14.5. The maximum absolute atomic E-state index is 12.0. The van der Waals surface area contributed by atoms with Gasteiger partial charge in [-0.05, 0) is 44.6 Å². The van der Waals surface area contributed by atoms with Gasteiger partial charge < -0.3 is 11.1 Å². The van der Waals surface area contributed by atoms with Gasteiger partial charge in [-0.15, -0.1) is 24.8 Å². The fraction of sp³-hybridized carbons (Fsp3) is 0.938. The quantitative estimate of drug-likeness (QED) is 0.771. The Bertz CT molecular complexity index is 318. The molecule has 132 valence electrons. The summed E-state index contributed by atoms with van der Waals surface area (Å²) in [5.41, 5.74) is 6.02. The number of amides is 1. The number of hydrogen-bond acceptors (Lipinski definition) is 3. The topological polar surface area (TPSA) is 58.4 Å². The number of halogens is 2. The Balaban J connectivity index is 0.00000220. The number of nitrogens with zero attached hydrogens (tertiary/aromatic N) is 1. The molecule has 1 aliphatic carbocycles. The fourth-order valence-corrected chi connectivity index (χ4v) is 3.78.